The van der Waals surface area contributed by atoms with E-state index in [1.807, 2.05) is 0 Å². The summed E-state index contributed by atoms with van der Waals surface area (Å²) in [5.41, 5.74) is 0. The number of hydrogen-bond donors (Lipinski definition) is 1. The molecule has 1 N–H and O–H groups in total. The fraction of sp³-hybridized carbons (Fsp3) is 1.00. The predicted molar refractivity (Wildman–Crippen MR) is 32.3 cm³/mol. The molecule has 1 heterocycles. The summed E-state index contributed by atoms with van der Waals surface area (Å²) in [6.45, 7) is 2.23. The molecule has 1 saturated heterocycles. The van der Waals surface area contributed by atoms with E-state index in [1.165, 1.54) is 0 Å². The normalized spacial score (nSPS) is 34.1. The Morgan fingerprint density at radius 1 is 1.67 bits per heavy atom. The molecule has 0 radical (unpaired) electrons. The highest BCUT2D eigenvalue weighted by atomic mass is 32.2. The smallest absolute Gasteiger partial charge is 0.236 e. The maximum Gasteiger partial charge on any atom is 0.236 e. The van der Waals surface area contributed by atoms with Gasteiger partial charge >= 0.3 is 0 Å². The van der Waals surface area contributed by atoms with Crippen LogP contribution in [0, 0.1) is 0 Å². The van der Waals surface area contributed by atoms with Gasteiger partial charge in [0.25, 0.3) is 0 Å². The maximum atomic E-state index is 10.6. The summed E-state index contributed by atoms with van der Waals surface area (Å²) in [5.74, 6) is -0.197. The number of nitrogens with one attached hydrogen (secondary N) is 1. The Balaban J connectivity index is 2.62. The van der Waals surface area contributed by atoms with E-state index in [1.54, 1.807) is 6.92 Å². The summed E-state index contributed by atoms with van der Waals surface area (Å²) in [7, 11) is -3.10. The van der Waals surface area contributed by atoms with Crippen LogP contribution < -0.4 is 4.72 Å². The first kappa shape index (κ1) is 6.98. The van der Waals surface area contributed by atoms with Crippen LogP contribution in [0.4, 0.5) is 0 Å². The summed E-state index contributed by atoms with van der Waals surface area (Å²) in [5, 5.41) is 0. The molecule has 54 valence electrons. The van der Waals surface area contributed by atoms with Gasteiger partial charge in [-0.1, -0.05) is 0 Å². The molecule has 0 aromatic heterocycles. The van der Waals surface area contributed by atoms with Gasteiger partial charge in [0.1, 0.15) is 0 Å². The van der Waals surface area contributed by atoms with E-state index in [-0.39, 0.29) is 12.0 Å². The lowest BCUT2D eigenvalue weighted by Gasteiger charge is -2.19. The minimum absolute atomic E-state index is 0.0799. The van der Waals surface area contributed by atoms with Crippen molar-refractivity contribution in [1.29, 1.82) is 0 Å². The molecule has 0 unspecified atom stereocenters. The van der Waals surface area contributed by atoms with Gasteiger partial charge in [-0.15, -0.1) is 0 Å². The molecule has 0 aromatic rings. The third kappa shape index (κ3) is 1.92. The van der Waals surface area contributed by atoms with E-state index < -0.39 is 10.0 Å². The first-order valence-corrected chi connectivity index (χ1v) is 4.33. The lowest BCUT2D eigenvalue weighted by molar-refractivity contribution is 0.144. The first-order chi connectivity index (χ1) is 4.10. The van der Waals surface area contributed by atoms with Gasteiger partial charge in [0, 0.05) is 6.04 Å². The lowest BCUT2D eigenvalue weighted by atomic mass is 10.4. The zero-order valence-corrected chi connectivity index (χ0v) is 5.94. The van der Waals surface area contributed by atoms with Crippen LogP contribution in [-0.4, -0.2) is 27.0 Å². The third-order valence-corrected chi connectivity index (χ3v) is 2.23. The first-order valence-electron chi connectivity index (χ1n) is 2.68. The van der Waals surface area contributed by atoms with Gasteiger partial charge in [-0.2, -0.15) is 0 Å². The van der Waals surface area contributed by atoms with Gasteiger partial charge in [0.2, 0.25) is 10.0 Å². The summed E-state index contributed by atoms with van der Waals surface area (Å²) in [6, 6.07) is -0.0799. The molecule has 9 heavy (non-hydrogen) atoms. The molecule has 1 aliphatic rings. The molecule has 1 fully saturated rings. The highest BCUT2D eigenvalue weighted by molar-refractivity contribution is 7.89. The molecule has 1 aliphatic heterocycles. The van der Waals surface area contributed by atoms with E-state index in [0.717, 1.165) is 0 Å². The molecule has 0 amide bonds. The predicted octanol–water partition coefficient (Wildman–Crippen LogP) is -0.718. The van der Waals surface area contributed by atoms with Crippen LogP contribution in [0.15, 0.2) is 0 Å². The number of hydrogen-bond acceptors (Lipinski definition) is 3. The van der Waals surface area contributed by atoms with Gasteiger partial charge in [0.15, 0.2) is 5.94 Å². The van der Waals surface area contributed by atoms with E-state index in [9.17, 15) is 8.42 Å². The van der Waals surface area contributed by atoms with E-state index in [0.29, 0.717) is 6.61 Å². The fourth-order valence-electron chi connectivity index (χ4n) is 0.709. The molecule has 1 rings (SSSR count). The van der Waals surface area contributed by atoms with Crippen LogP contribution in [0.1, 0.15) is 6.92 Å². The molecule has 5 heteroatoms. The van der Waals surface area contributed by atoms with Crippen LogP contribution in [-0.2, 0) is 14.8 Å². The van der Waals surface area contributed by atoms with Crippen molar-refractivity contribution < 1.29 is 13.2 Å². The lowest BCUT2D eigenvalue weighted by Crippen LogP contribution is -2.43. The summed E-state index contributed by atoms with van der Waals surface area (Å²) >= 11 is 0. The van der Waals surface area contributed by atoms with Crippen LogP contribution in [0.3, 0.4) is 0 Å². The molecule has 4 nitrogen and oxygen atoms in total. The van der Waals surface area contributed by atoms with Gasteiger partial charge in [0.05, 0.1) is 6.61 Å². The second kappa shape index (κ2) is 2.24. The van der Waals surface area contributed by atoms with Crippen LogP contribution >= 0.6 is 0 Å². The molecule has 0 aliphatic carbocycles. The third-order valence-electron chi connectivity index (χ3n) is 0.987. The average Bonchev–Trinajstić information content (AvgIpc) is 1.60. The standard InChI is InChI=1S/C4H9NO3S/c1-4-2-8-3-9(6,7)5-4/h4-5H,2-3H2,1H3/t4-/m0/s1. The minimum Gasteiger partial charge on any atom is -0.362 e. The largest absolute Gasteiger partial charge is 0.362 e. The van der Waals surface area contributed by atoms with Crippen molar-refractivity contribution in [2.75, 3.05) is 12.5 Å². The Hall–Kier alpha value is -0.130. The molecule has 0 aromatic carbocycles. The van der Waals surface area contributed by atoms with Gasteiger partial charge < -0.3 is 4.74 Å². The topological polar surface area (TPSA) is 55.4 Å². The van der Waals surface area contributed by atoms with Crippen LogP contribution in [0.25, 0.3) is 0 Å². The average molecular weight is 151 g/mol. The Bertz CT molecular complexity index is 186. The van der Waals surface area contributed by atoms with Gasteiger partial charge in [-0.3, -0.25) is 0 Å². The minimum atomic E-state index is -3.10. The number of ether oxygens (including phenoxy) is 1. The monoisotopic (exact) mass is 151 g/mol. The fourth-order valence-corrected chi connectivity index (χ4v) is 1.77. The Kier molecular flexibility index (Phi) is 1.74. The molecular weight excluding hydrogens is 142 g/mol. The molecule has 0 bridgehead atoms. The summed E-state index contributed by atoms with van der Waals surface area (Å²) < 4.78 is 28.4. The van der Waals surface area contributed by atoms with Crippen molar-refractivity contribution in [3.63, 3.8) is 0 Å². The summed E-state index contributed by atoms with van der Waals surface area (Å²) in [4.78, 5) is 0. The van der Waals surface area contributed by atoms with Crippen molar-refractivity contribution in [2.45, 2.75) is 13.0 Å². The quantitative estimate of drug-likeness (QED) is 0.497. The Morgan fingerprint density at radius 3 is 2.67 bits per heavy atom. The van der Waals surface area contributed by atoms with Crippen molar-refractivity contribution in [2.24, 2.45) is 0 Å². The molecule has 0 saturated carbocycles. The van der Waals surface area contributed by atoms with Crippen LogP contribution in [0.5, 0.6) is 0 Å². The summed E-state index contributed by atoms with van der Waals surface area (Å²) in [6.07, 6.45) is 0. The molecule has 1 atom stereocenters. The zero-order chi connectivity index (χ0) is 6.91. The van der Waals surface area contributed by atoms with Crippen molar-refractivity contribution in [1.82, 2.24) is 4.72 Å². The van der Waals surface area contributed by atoms with Crippen molar-refractivity contribution in [3.05, 3.63) is 0 Å². The second-order valence-corrected chi connectivity index (χ2v) is 3.82. The Labute approximate surface area is 54.3 Å². The van der Waals surface area contributed by atoms with E-state index in [2.05, 4.69) is 4.72 Å². The van der Waals surface area contributed by atoms with Gasteiger partial charge in [-0.05, 0) is 6.92 Å². The van der Waals surface area contributed by atoms with E-state index >= 15 is 0 Å². The molecule has 0 spiro atoms. The van der Waals surface area contributed by atoms with Crippen LogP contribution in [0.2, 0.25) is 0 Å². The second-order valence-electron chi connectivity index (χ2n) is 2.12. The van der Waals surface area contributed by atoms with Crippen molar-refractivity contribution in [3.8, 4) is 0 Å². The van der Waals surface area contributed by atoms with Gasteiger partial charge in [-0.25, -0.2) is 13.1 Å². The Morgan fingerprint density at radius 2 is 2.33 bits per heavy atom. The van der Waals surface area contributed by atoms with E-state index in [4.69, 9.17) is 4.74 Å². The molecular formula is C4H9NO3S. The number of rotatable bonds is 0. The highest BCUT2D eigenvalue weighted by Crippen LogP contribution is 1.98. The maximum absolute atomic E-state index is 10.6. The number of sulfonamides is 1. The zero-order valence-electron chi connectivity index (χ0n) is 5.12. The van der Waals surface area contributed by atoms with Crippen molar-refractivity contribution >= 4 is 10.0 Å². The highest BCUT2D eigenvalue weighted by Gasteiger charge is 2.19. The SMILES string of the molecule is C[C@H]1COCS(=O)(=O)N1.